The van der Waals surface area contributed by atoms with Crippen LogP contribution in [0.25, 0.3) is 6.08 Å². The molecule has 7 nitrogen and oxygen atoms in total. The monoisotopic (exact) mass is 437 g/mol. The predicted octanol–water partition coefficient (Wildman–Crippen LogP) is 0.186. The lowest BCUT2D eigenvalue weighted by Crippen LogP contribution is -3.13. The lowest BCUT2D eigenvalue weighted by Gasteiger charge is -2.32. The molecule has 2 aliphatic heterocycles. The first kappa shape index (κ1) is 21.1. The SMILES string of the molecule is O=C([O-])COc1ccc(/C=C2\SC(N3CC[NH+](Cc4ccccc4)CC3)=NC2=O)cc1. The molecule has 31 heavy (non-hydrogen) atoms. The van der Waals surface area contributed by atoms with Crippen LogP contribution in [0.5, 0.6) is 5.75 Å². The maximum Gasteiger partial charge on any atom is 0.286 e. The Kier molecular flexibility index (Phi) is 6.69. The molecule has 2 aliphatic rings. The van der Waals surface area contributed by atoms with Gasteiger partial charge in [-0.15, -0.1) is 0 Å². The first-order chi connectivity index (χ1) is 15.1. The van der Waals surface area contributed by atoms with Gasteiger partial charge in [-0.2, -0.15) is 4.99 Å². The number of hydrogen-bond acceptors (Lipinski definition) is 6. The summed E-state index contributed by atoms with van der Waals surface area (Å²) in [6, 6.07) is 17.4. The van der Waals surface area contributed by atoms with Gasteiger partial charge >= 0.3 is 0 Å². The third-order valence-electron chi connectivity index (χ3n) is 5.18. The van der Waals surface area contributed by atoms with E-state index in [-0.39, 0.29) is 5.91 Å². The van der Waals surface area contributed by atoms with Crippen LogP contribution >= 0.6 is 11.8 Å². The Labute approximate surface area is 185 Å². The summed E-state index contributed by atoms with van der Waals surface area (Å²) in [5, 5.41) is 11.2. The highest BCUT2D eigenvalue weighted by atomic mass is 32.2. The van der Waals surface area contributed by atoms with Gasteiger partial charge < -0.3 is 24.4 Å². The standard InChI is InChI=1S/C23H23N3O4S/c27-21(28)16-30-19-8-6-17(7-9-19)14-20-22(29)24-23(31-20)26-12-10-25(11-13-26)15-18-4-2-1-3-5-18/h1-9,14H,10-13,15-16H2,(H,27,28)/b20-14-. The van der Waals surface area contributed by atoms with Crippen LogP contribution in [0.15, 0.2) is 64.5 Å². The molecule has 0 saturated carbocycles. The second-order valence-electron chi connectivity index (χ2n) is 7.44. The topological polar surface area (TPSA) is 86.5 Å². The number of nitrogens with zero attached hydrogens (tertiary/aromatic N) is 2. The van der Waals surface area contributed by atoms with Crippen molar-refractivity contribution in [3.05, 3.63) is 70.6 Å². The van der Waals surface area contributed by atoms with Crippen molar-refractivity contribution in [2.45, 2.75) is 6.54 Å². The minimum Gasteiger partial charge on any atom is -0.546 e. The number of carbonyl (C=O) groups is 2. The minimum absolute atomic E-state index is 0.226. The summed E-state index contributed by atoms with van der Waals surface area (Å²) in [5.74, 6) is -1.06. The first-order valence-electron chi connectivity index (χ1n) is 10.1. The Hall–Kier alpha value is -3.10. The molecule has 2 aromatic rings. The van der Waals surface area contributed by atoms with E-state index in [1.54, 1.807) is 30.3 Å². The number of amides is 1. The van der Waals surface area contributed by atoms with Crippen LogP contribution in [0.4, 0.5) is 0 Å². The third-order valence-corrected chi connectivity index (χ3v) is 6.23. The molecule has 1 saturated heterocycles. The summed E-state index contributed by atoms with van der Waals surface area (Å²) in [6.45, 7) is 4.29. The number of carboxylic acid groups (broad SMARTS) is 1. The van der Waals surface area contributed by atoms with Gasteiger partial charge in [0, 0.05) is 5.56 Å². The molecule has 1 amide bonds. The molecule has 8 heteroatoms. The van der Waals surface area contributed by atoms with Crippen LogP contribution in [0, 0.1) is 0 Å². The van der Waals surface area contributed by atoms with Gasteiger partial charge in [-0.05, 0) is 35.5 Å². The molecule has 2 heterocycles. The summed E-state index contributed by atoms with van der Waals surface area (Å²) >= 11 is 1.40. The number of piperazine rings is 1. The minimum atomic E-state index is -1.27. The van der Waals surface area contributed by atoms with E-state index in [1.165, 1.54) is 22.2 Å². The normalized spacial score (nSPS) is 18.3. The lowest BCUT2D eigenvalue weighted by atomic mass is 10.2. The smallest absolute Gasteiger partial charge is 0.286 e. The van der Waals surface area contributed by atoms with Crippen LogP contribution in [-0.2, 0) is 16.1 Å². The largest absolute Gasteiger partial charge is 0.546 e. The van der Waals surface area contributed by atoms with Crippen LogP contribution in [0.2, 0.25) is 0 Å². The van der Waals surface area contributed by atoms with Gasteiger partial charge in [0.2, 0.25) is 0 Å². The maximum absolute atomic E-state index is 12.4. The Balaban J connectivity index is 1.31. The van der Waals surface area contributed by atoms with Gasteiger partial charge in [-0.25, -0.2) is 0 Å². The summed E-state index contributed by atoms with van der Waals surface area (Å²) in [5.41, 5.74) is 2.17. The fourth-order valence-corrected chi connectivity index (χ4v) is 4.53. The molecule has 1 N–H and O–H groups in total. The van der Waals surface area contributed by atoms with Crippen molar-refractivity contribution in [3.8, 4) is 5.75 Å². The number of ether oxygens (including phenoxy) is 1. The molecule has 0 bridgehead atoms. The molecule has 0 radical (unpaired) electrons. The highest BCUT2D eigenvalue weighted by molar-refractivity contribution is 8.18. The number of carbonyl (C=O) groups excluding carboxylic acids is 2. The van der Waals surface area contributed by atoms with Gasteiger partial charge in [0.25, 0.3) is 5.91 Å². The van der Waals surface area contributed by atoms with Crippen molar-refractivity contribution in [2.24, 2.45) is 4.99 Å². The number of aliphatic imine (C=N–C) groups is 1. The maximum atomic E-state index is 12.4. The van der Waals surface area contributed by atoms with Crippen molar-refractivity contribution in [3.63, 3.8) is 0 Å². The van der Waals surface area contributed by atoms with E-state index in [9.17, 15) is 14.7 Å². The molecule has 4 rings (SSSR count). The summed E-state index contributed by atoms with van der Waals surface area (Å²) in [7, 11) is 0. The number of quaternary nitrogens is 1. The van der Waals surface area contributed by atoms with E-state index in [0.717, 1.165) is 43.5 Å². The molecule has 160 valence electrons. The Morgan fingerprint density at radius 3 is 2.52 bits per heavy atom. The van der Waals surface area contributed by atoms with Gasteiger partial charge in [0.1, 0.15) is 18.9 Å². The Bertz CT molecular complexity index is 997. The van der Waals surface area contributed by atoms with E-state index in [2.05, 4.69) is 34.2 Å². The molecule has 0 aliphatic carbocycles. The number of amidine groups is 1. The number of rotatable bonds is 6. The summed E-state index contributed by atoms with van der Waals surface area (Å²) < 4.78 is 5.07. The van der Waals surface area contributed by atoms with Crippen molar-refractivity contribution >= 4 is 34.9 Å². The van der Waals surface area contributed by atoms with Gasteiger partial charge in [0.05, 0.1) is 37.1 Å². The molecule has 0 spiro atoms. The number of aliphatic carboxylic acids is 1. The first-order valence-corrected chi connectivity index (χ1v) is 11.0. The van der Waals surface area contributed by atoms with E-state index in [4.69, 9.17) is 4.74 Å². The summed E-state index contributed by atoms with van der Waals surface area (Å²) in [6.07, 6.45) is 1.79. The molecule has 0 atom stereocenters. The van der Waals surface area contributed by atoms with Crippen molar-refractivity contribution in [1.82, 2.24) is 4.90 Å². The second kappa shape index (κ2) is 9.80. The quantitative estimate of drug-likeness (QED) is 0.650. The molecule has 1 fully saturated rings. The van der Waals surface area contributed by atoms with Crippen molar-refractivity contribution in [2.75, 3.05) is 32.8 Å². The van der Waals surface area contributed by atoms with Crippen LogP contribution in [0.3, 0.4) is 0 Å². The van der Waals surface area contributed by atoms with E-state index in [1.807, 2.05) is 6.07 Å². The zero-order valence-electron chi connectivity index (χ0n) is 17.0. The number of benzene rings is 2. The molecular formula is C23H23N3O4S. The molecule has 2 aromatic carbocycles. The highest BCUT2D eigenvalue weighted by Crippen LogP contribution is 2.30. The van der Waals surface area contributed by atoms with Crippen molar-refractivity contribution in [1.29, 1.82) is 0 Å². The fourth-order valence-electron chi connectivity index (χ4n) is 3.56. The fraction of sp³-hybridized carbons (Fsp3) is 0.261. The van der Waals surface area contributed by atoms with E-state index in [0.29, 0.717) is 10.7 Å². The van der Waals surface area contributed by atoms with Crippen LogP contribution in [0.1, 0.15) is 11.1 Å². The van der Waals surface area contributed by atoms with Crippen LogP contribution < -0.4 is 14.7 Å². The van der Waals surface area contributed by atoms with Crippen LogP contribution in [-0.4, -0.2) is 54.7 Å². The number of thioether (sulfide) groups is 1. The van der Waals surface area contributed by atoms with Gasteiger partial charge in [0.15, 0.2) is 5.17 Å². The number of carboxylic acids is 1. The molecular weight excluding hydrogens is 414 g/mol. The van der Waals surface area contributed by atoms with Gasteiger partial charge in [-0.3, -0.25) is 4.79 Å². The zero-order valence-corrected chi connectivity index (χ0v) is 17.8. The lowest BCUT2D eigenvalue weighted by molar-refractivity contribution is -0.917. The molecule has 0 unspecified atom stereocenters. The van der Waals surface area contributed by atoms with Crippen molar-refractivity contribution < 1.29 is 24.3 Å². The van der Waals surface area contributed by atoms with E-state index >= 15 is 0 Å². The predicted molar refractivity (Wildman–Crippen MR) is 117 cm³/mol. The highest BCUT2D eigenvalue weighted by Gasteiger charge is 2.29. The number of nitrogens with one attached hydrogen (secondary N) is 1. The second-order valence-corrected chi connectivity index (χ2v) is 8.45. The molecule has 0 aromatic heterocycles. The number of hydrogen-bond donors (Lipinski definition) is 1. The van der Waals surface area contributed by atoms with Gasteiger partial charge in [-0.1, -0.05) is 42.5 Å². The Morgan fingerprint density at radius 2 is 1.84 bits per heavy atom. The average molecular weight is 438 g/mol. The average Bonchev–Trinajstić information content (AvgIpc) is 3.14. The van der Waals surface area contributed by atoms with E-state index < -0.39 is 12.6 Å². The Morgan fingerprint density at radius 1 is 1.13 bits per heavy atom. The zero-order chi connectivity index (χ0) is 21.6. The summed E-state index contributed by atoms with van der Waals surface area (Å²) in [4.78, 5) is 31.4. The third kappa shape index (κ3) is 5.74.